The van der Waals surface area contributed by atoms with E-state index in [2.05, 4.69) is 15.4 Å². The quantitative estimate of drug-likeness (QED) is 0.192. The number of hydrogen-bond acceptors (Lipinski definition) is 11. The third kappa shape index (κ3) is 8.67. The number of hydrogen-bond donors (Lipinski definition) is 3. The lowest BCUT2D eigenvalue weighted by molar-refractivity contribution is -0.141. The van der Waals surface area contributed by atoms with Crippen LogP contribution in [0.1, 0.15) is 84.1 Å². The highest BCUT2D eigenvalue weighted by Gasteiger charge is 2.62. The van der Waals surface area contributed by atoms with E-state index in [1.165, 1.54) is 23.1 Å². The molecule has 5 atom stereocenters. The van der Waals surface area contributed by atoms with Gasteiger partial charge in [0.2, 0.25) is 27.4 Å². The normalized spacial score (nSPS) is 25.6. The average molecular weight is 845 g/mol. The molecule has 4 aromatic rings. The minimum absolute atomic E-state index is 0.00439. The third-order valence-corrected chi connectivity index (χ3v) is 13.2. The number of alkyl carbamates (subject to hydrolysis) is 1. The molecule has 0 bridgehead atoms. The van der Waals surface area contributed by atoms with Gasteiger partial charge in [-0.15, -0.1) is 0 Å². The molecular weight excluding hydrogens is 796 g/mol. The monoisotopic (exact) mass is 844 g/mol. The number of aromatic nitrogens is 2. The molecule has 17 heteroatoms. The van der Waals surface area contributed by atoms with Crippen LogP contribution in [-0.2, 0) is 29.1 Å². The number of halogens is 1. The van der Waals surface area contributed by atoms with Crippen molar-refractivity contribution in [3.05, 3.63) is 66.0 Å². The maximum Gasteiger partial charge on any atom is 0.408 e. The molecule has 2 aliphatic carbocycles. The van der Waals surface area contributed by atoms with E-state index >= 15 is 0 Å². The van der Waals surface area contributed by atoms with Crippen molar-refractivity contribution >= 4 is 55.9 Å². The van der Waals surface area contributed by atoms with E-state index in [0.717, 1.165) is 18.4 Å². The first-order chi connectivity index (χ1) is 28.5. The number of carbonyl (C=O) groups is 4. The zero-order chi connectivity index (χ0) is 42.6. The van der Waals surface area contributed by atoms with E-state index < -0.39 is 80.2 Å². The summed E-state index contributed by atoms with van der Waals surface area (Å²) in [6, 6.07) is 9.26. The van der Waals surface area contributed by atoms with Crippen molar-refractivity contribution in [3.63, 3.8) is 0 Å². The molecule has 8 rings (SSSR count). The van der Waals surface area contributed by atoms with E-state index in [4.69, 9.17) is 23.9 Å². The summed E-state index contributed by atoms with van der Waals surface area (Å²) in [5.74, 6) is -2.78. The van der Waals surface area contributed by atoms with E-state index in [0.29, 0.717) is 47.7 Å². The second-order valence-electron chi connectivity index (χ2n) is 17.3. The van der Waals surface area contributed by atoms with Gasteiger partial charge in [0.25, 0.3) is 11.8 Å². The number of furan rings is 1. The van der Waals surface area contributed by atoms with Crippen molar-refractivity contribution < 1.29 is 45.9 Å². The van der Waals surface area contributed by atoms with Crippen LogP contribution in [0.15, 0.2) is 59.0 Å². The van der Waals surface area contributed by atoms with Crippen molar-refractivity contribution in [1.82, 2.24) is 30.2 Å². The van der Waals surface area contributed by atoms with Crippen LogP contribution < -0.4 is 20.1 Å². The Morgan fingerprint density at radius 2 is 1.80 bits per heavy atom. The van der Waals surface area contributed by atoms with Gasteiger partial charge in [-0.1, -0.05) is 54.8 Å². The zero-order valence-corrected chi connectivity index (χ0v) is 34.8. The van der Waals surface area contributed by atoms with E-state index in [1.54, 1.807) is 20.8 Å². The molecule has 4 amide bonds. The fourth-order valence-corrected chi connectivity index (χ4v) is 9.32. The maximum atomic E-state index is 14.7. The first-order valence-electron chi connectivity index (χ1n) is 20.5. The molecular formula is C43H49FN6O9S. The molecule has 2 aromatic carbocycles. The maximum absolute atomic E-state index is 14.7. The number of benzene rings is 2. The first kappa shape index (κ1) is 41.2. The molecule has 1 saturated heterocycles. The number of nitrogens with one attached hydrogen (secondary N) is 3. The minimum Gasteiger partial charge on any atom is -0.470 e. The Bertz CT molecular complexity index is 2500. The molecule has 2 saturated carbocycles. The van der Waals surface area contributed by atoms with Crippen LogP contribution in [0.5, 0.6) is 5.88 Å². The highest BCUT2D eigenvalue weighted by atomic mass is 32.2. The van der Waals surface area contributed by atoms with E-state index in [-0.39, 0.29) is 43.1 Å². The molecule has 2 aromatic heterocycles. The number of ether oxygens (including phenoxy) is 2. The Hall–Kier alpha value is -5.58. The van der Waals surface area contributed by atoms with Crippen LogP contribution in [0.4, 0.5) is 9.18 Å². The van der Waals surface area contributed by atoms with Crippen LogP contribution in [0.3, 0.4) is 0 Å². The van der Waals surface area contributed by atoms with Crippen LogP contribution in [0, 0.1) is 18.7 Å². The molecule has 60 heavy (non-hydrogen) atoms. The van der Waals surface area contributed by atoms with E-state index in [9.17, 15) is 32.0 Å². The molecule has 318 valence electrons. The Morgan fingerprint density at radius 1 is 1.03 bits per heavy atom. The summed E-state index contributed by atoms with van der Waals surface area (Å²) in [5, 5.41) is 5.33. The van der Waals surface area contributed by atoms with Gasteiger partial charge in [0.05, 0.1) is 11.8 Å². The average Bonchev–Trinajstić information content (AvgIpc) is 4.08. The first-order valence-corrected chi connectivity index (χ1v) is 22.0. The van der Waals surface area contributed by atoms with Gasteiger partial charge in [0.1, 0.15) is 46.2 Å². The Labute approximate surface area is 346 Å². The molecule has 0 spiro atoms. The number of allylic oxidation sites excluding steroid dienone is 1. The third-order valence-electron chi connectivity index (χ3n) is 11.4. The second-order valence-corrected chi connectivity index (χ2v) is 19.3. The Kier molecular flexibility index (Phi) is 10.8. The highest BCUT2D eigenvalue weighted by Crippen LogP contribution is 2.46. The summed E-state index contributed by atoms with van der Waals surface area (Å²) in [4.78, 5) is 67.0. The Morgan fingerprint density at radius 3 is 2.53 bits per heavy atom. The smallest absolute Gasteiger partial charge is 0.408 e. The van der Waals surface area contributed by atoms with Gasteiger partial charge >= 0.3 is 6.09 Å². The molecule has 4 heterocycles. The van der Waals surface area contributed by atoms with Gasteiger partial charge in [0.15, 0.2) is 5.82 Å². The van der Waals surface area contributed by atoms with Gasteiger partial charge in [-0.3, -0.25) is 19.1 Å². The minimum atomic E-state index is -3.94. The standard InChI is InChI=1S/C43H49FN6O9S/c1-24-12-14-25(15-13-24)36-46-34-30-20-27(44)16-19-33(30)58-35(34)38(47-36)57-28-21-32-37(51)48-43(40(53)49-60(55,56)29-17-18-29)22-26(43)10-8-6-5-7-9-11-31(39(52)50(32)23-28)45-41(54)59-42(2,3)4/h8,10,12-16,19-20,26,28-29,31-32H,5-7,9,11,17-18,21-23H2,1-4H3,(H,45,54)(H,48,51)(H,49,53)/b10-8-/t26-,28+,31-,32-,43+/m0/s1. The lowest BCUT2D eigenvalue weighted by atomic mass is 10.0. The molecule has 15 nitrogen and oxygen atoms in total. The van der Waals surface area contributed by atoms with Crippen LogP contribution in [0.25, 0.3) is 33.5 Å². The molecule has 3 fully saturated rings. The number of aryl methyl sites for hydroxylation is 1. The lowest BCUT2D eigenvalue weighted by Crippen LogP contribution is -2.58. The SMILES string of the molecule is Cc1ccc(-c2nc(O[C@@H]3C[C@H]4C(=O)N[C@]5(C(=O)NS(=O)(=O)C6CC6)C[C@@H]5/C=C\CCCCC[C@H](NC(=O)OC(C)(C)C)C(=O)N4C3)c3oc4ccc(F)cc4c3n2)cc1. The molecule has 0 unspecified atom stereocenters. The fourth-order valence-electron chi connectivity index (χ4n) is 7.96. The summed E-state index contributed by atoms with van der Waals surface area (Å²) in [5.41, 5.74) is 0.0372. The van der Waals surface area contributed by atoms with Crippen molar-refractivity contribution in [2.75, 3.05) is 6.54 Å². The van der Waals surface area contributed by atoms with Crippen LogP contribution >= 0.6 is 0 Å². The summed E-state index contributed by atoms with van der Waals surface area (Å²) in [7, 11) is -3.94. The topological polar surface area (TPSA) is 199 Å². The summed E-state index contributed by atoms with van der Waals surface area (Å²) >= 11 is 0. The highest BCUT2D eigenvalue weighted by molar-refractivity contribution is 7.91. The summed E-state index contributed by atoms with van der Waals surface area (Å²) in [6.45, 7) is 6.94. The van der Waals surface area contributed by atoms with Crippen molar-refractivity contribution in [2.24, 2.45) is 5.92 Å². The fraction of sp³-hybridized carbons (Fsp3) is 0.488. The van der Waals surface area contributed by atoms with Gasteiger partial charge in [-0.2, -0.15) is 4.98 Å². The number of sulfonamides is 1. The predicted octanol–water partition coefficient (Wildman–Crippen LogP) is 5.74. The van der Waals surface area contributed by atoms with Gasteiger partial charge < -0.3 is 29.4 Å². The molecule has 4 aliphatic rings. The summed E-state index contributed by atoms with van der Waals surface area (Å²) < 4.78 is 60.8. The molecule has 3 N–H and O–H groups in total. The molecule has 2 aliphatic heterocycles. The number of rotatable bonds is 7. The Balaban J connectivity index is 1.15. The van der Waals surface area contributed by atoms with Crippen molar-refractivity contribution in [2.45, 2.75) is 120 Å². The van der Waals surface area contributed by atoms with Crippen molar-refractivity contribution in [3.8, 4) is 17.3 Å². The zero-order valence-electron chi connectivity index (χ0n) is 34.0. The van der Waals surface area contributed by atoms with Crippen LogP contribution in [-0.4, -0.2) is 88.2 Å². The van der Waals surface area contributed by atoms with Crippen molar-refractivity contribution in [1.29, 1.82) is 0 Å². The summed E-state index contributed by atoms with van der Waals surface area (Å²) in [6.07, 6.45) is 6.05. The van der Waals surface area contributed by atoms with E-state index in [1.807, 2.05) is 43.3 Å². The second kappa shape index (κ2) is 15.8. The number of nitrogens with zero attached hydrogens (tertiary/aromatic N) is 3. The number of amides is 4. The number of carbonyl (C=O) groups excluding carboxylic acids is 4. The van der Waals surface area contributed by atoms with Gasteiger partial charge in [-0.25, -0.2) is 22.6 Å². The van der Waals surface area contributed by atoms with Gasteiger partial charge in [-0.05, 0) is 84.4 Å². The van der Waals surface area contributed by atoms with Crippen LogP contribution in [0.2, 0.25) is 0 Å². The largest absolute Gasteiger partial charge is 0.470 e. The van der Waals surface area contributed by atoms with Gasteiger partial charge in [0, 0.05) is 23.3 Å². The number of fused-ring (bicyclic) bond motifs is 5. The lowest BCUT2D eigenvalue weighted by Gasteiger charge is -2.30. The molecule has 0 radical (unpaired) electrons. The predicted molar refractivity (Wildman–Crippen MR) is 218 cm³/mol.